The Labute approximate surface area is 147 Å². The van der Waals surface area contributed by atoms with Crippen molar-refractivity contribution in [2.45, 2.75) is 25.4 Å². The molecule has 1 saturated heterocycles. The number of hydrogen-bond donors (Lipinski definition) is 0. The van der Waals surface area contributed by atoms with Gasteiger partial charge in [-0.25, -0.2) is 0 Å². The molecule has 132 valence electrons. The minimum Gasteiger partial charge on any atom is -0.497 e. The number of nitrogens with zero attached hydrogens (tertiary/aromatic N) is 2. The topological polar surface area (TPSA) is 43.7 Å². The van der Waals surface area contributed by atoms with Gasteiger partial charge in [-0.05, 0) is 36.6 Å². The summed E-state index contributed by atoms with van der Waals surface area (Å²) in [6.07, 6.45) is 1.18. The summed E-state index contributed by atoms with van der Waals surface area (Å²) in [5.74, 6) is 2.71. The van der Waals surface area contributed by atoms with Crippen molar-refractivity contribution in [3.8, 4) is 11.5 Å². The van der Waals surface area contributed by atoms with Crippen LogP contribution in [0, 0.1) is 5.92 Å². The number of likely N-dealkylation sites (tertiary alicyclic amines) is 1. The third-order valence-electron chi connectivity index (χ3n) is 5.44. The smallest absolute Gasteiger partial charge is 0.250 e. The van der Waals surface area contributed by atoms with Gasteiger partial charge in [-0.2, -0.15) is 0 Å². The van der Waals surface area contributed by atoms with E-state index in [-0.39, 0.29) is 5.56 Å². The van der Waals surface area contributed by atoms with Gasteiger partial charge in [0.25, 0.3) is 5.56 Å². The lowest BCUT2D eigenvalue weighted by Crippen LogP contribution is -2.46. The highest BCUT2D eigenvalue weighted by Crippen LogP contribution is 2.36. The van der Waals surface area contributed by atoms with E-state index in [0.717, 1.165) is 43.2 Å². The molecular formula is C20H24N2O3. The van der Waals surface area contributed by atoms with Crippen LogP contribution in [0.5, 0.6) is 11.5 Å². The standard InChI is InChI=1S/C20H24N2O3/c1-24-17-6-7-19(25-2)16(9-17)13-21-10-14-8-15(12-21)18-4-3-5-20(23)22(18)11-14/h3-7,9,14-15H,8,10-13H2,1-2H3. The van der Waals surface area contributed by atoms with Crippen molar-refractivity contribution in [1.82, 2.24) is 9.47 Å². The van der Waals surface area contributed by atoms with Gasteiger partial charge in [0.2, 0.25) is 0 Å². The van der Waals surface area contributed by atoms with Crippen LogP contribution in [0.3, 0.4) is 0 Å². The second-order valence-corrected chi connectivity index (χ2v) is 7.07. The maximum absolute atomic E-state index is 12.1. The summed E-state index contributed by atoms with van der Waals surface area (Å²) in [7, 11) is 3.39. The molecule has 0 aliphatic carbocycles. The number of ether oxygens (including phenoxy) is 2. The Balaban J connectivity index is 1.58. The lowest BCUT2D eigenvalue weighted by Gasteiger charge is -2.42. The molecule has 0 saturated carbocycles. The first kappa shape index (κ1) is 16.2. The average Bonchev–Trinajstić information content (AvgIpc) is 2.62. The summed E-state index contributed by atoms with van der Waals surface area (Å²) in [6, 6.07) is 11.6. The molecule has 1 aromatic carbocycles. The molecule has 25 heavy (non-hydrogen) atoms. The number of methoxy groups -OCH3 is 2. The van der Waals surface area contributed by atoms with Crippen LogP contribution < -0.4 is 15.0 Å². The molecule has 2 atom stereocenters. The summed E-state index contributed by atoms with van der Waals surface area (Å²) >= 11 is 0. The third kappa shape index (κ3) is 3.04. The van der Waals surface area contributed by atoms with Crippen molar-refractivity contribution < 1.29 is 9.47 Å². The zero-order valence-corrected chi connectivity index (χ0v) is 14.8. The van der Waals surface area contributed by atoms with Crippen molar-refractivity contribution in [1.29, 1.82) is 0 Å². The molecule has 0 amide bonds. The Morgan fingerprint density at radius 1 is 1.08 bits per heavy atom. The fraction of sp³-hybridized carbons (Fsp3) is 0.450. The van der Waals surface area contributed by atoms with E-state index in [1.807, 2.05) is 22.8 Å². The molecular weight excluding hydrogens is 316 g/mol. The maximum atomic E-state index is 12.1. The van der Waals surface area contributed by atoms with E-state index < -0.39 is 0 Å². The molecule has 0 radical (unpaired) electrons. The summed E-state index contributed by atoms with van der Waals surface area (Å²) < 4.78 is 12.9. The second-order valence-electron chi connectivity index (χ2n) is 7.07. The third-order valence-corrected chi connectivity index (χ3v) is 5.44. The van der Waals surface area contributed by atoms with Crippen LogP contribution in [0.25, 0.3) is 0 Å². The SMILES string of the molecule is COc1ccc(OC)c(CN2CC3CC(C2)c2cccc(=O)n2C3)c1. The van der Waals surface area contributed by atoms with Crippen LogP contribution in [0.1, 0.15) is 23.6 Å². The number of fused-ring (bicyclic) bond motifs is 4. The van der Waals surface area contributed by atoms with E-state index in [4.69, 9.17) is 9.47 Å². The first-order valence-corrected chi connectivity index (χ1v) is 8.81. The van der Waals surface area contributed by atoms with E-state index in [1.165, 1.54) is 12.1 Å². The first-order valence-electron chi connectivity index (χ1n) is 8.81. The van der Waals surface area contributed by atoms with E-state index in [0.29, 0.717) is 11.8 Å². The van der Waals surface area contributed by atoms with E-state index in [9.17, 15) is 4.79 Å². The molecule has 2 aliphatic rings. The zero-order valence-electron chi connectivity index (χ0n) is 14.8. The highest BCUT2D eigenvalue weighted by molar-refractivity contribution is 5.40. The van der Waals surface area contributed by atoms with Gasteiger partial charge in [0, 0.05) is 49.4 Å². The number of hydrogen-bond acceptors (Lipinski definition) is 4. The number of benzene rings is 1. The molecule has 2 bridgehead atoms. The molecule has 3 heterocycles. The van der Waals surface area contributed by atoms with Crippen LogP contribution >= 0.6 is 0 Å². The minimum atomic E-state index is 0.134. The van der Waals surface area contributed by atoms with Gasteiger partial charge in [0.15, 0.2) is 0 Å². The quantitative estimate of drug-likeness (QED) is 0.858. The van der Waals surface area contributed by atoms with Crippen LogP contribution in [-0.4, -0.2) is 36.8 Å². The monoisotopic (exact) mass is 340 g/mol. The van der Waals surface area contributed by atoms with Gasteiger partial charge >= 0.3 is 0 Å². The number of pyridine rings is 1. The minimum absolute atomic E-state index is 0.134. The fourth-order valence-electron chi connectivity index (χ4n) is 4.37. The highest BCUT2D eigenvalue weighted by atomic mass is 16.5. The van der Waals surface area contributed by atoms with Crippen molar-refractivity contribution in [2.24, 2.45) is 5.92 Å². The van der Waals surface area contributed by atoms with E-state index in [1.54, 1.807) is 20.3 Å². The molecule has 2 aliphatic heterocycles. The second kappa shape index (κ2) is 6.56. The normalized spacial score (nSPS) is 22.3. The molecule has 2 unspecified atom stereocenters. The summed E-state index contributed by atoms with van der Waals surface area (Å²) in [4.78, 5) is 14.6. The van der Waals surface area contributed by atoms with E-state index >= 15 is 0 Å². The van der Waals surface area contributed by atoms with Crippen LogP contribution in [0.4, 0.5) is 0 Å². The van der Waals surface area contributed by atoms with E-state index in [2.05, 4.69) is 17.0 Å². The maximum Gasteiger partial charge on any atom is 0.250 e. The van der Waals surface area contributed by atoms with Gasteiger partial charge in [0.05, 0.1) is 14.2 Å². The molecule has 0 spiro atoms. The molecule has 5 heteroatoms. The summed E-state index contributed by atoms with van der Waals surface area (Å²) in [5.41, 5.74) is 2.47. The highest BCUT2D eigenvalue weighted by Gasteiger charge is 2.34. The Morgan fingerprint density at radius 3 is 2.76 bits per heavy atom. The average molecular weight is 340 g/mol. The van der Waals surface area contributed by atoms with Crippen LogP contribution in [-0.2, 0) is 13.1 Å². The van der Waals surface area contributed by atoms with Gasteiger partial charge in [-0.3, -0.25) is 9.69 Å². The number of rotatable bonds is 4. The van der Waals surface area contributed by atoms with Crippen molar-refractivity contribution in [2.75, 3.05) is 27.3 Å². The predicted molar refractivity (Wildman–Crippen MR) is 96.4 cm³/mol. The van der Waals surface area contributed by atoms with Crippen LogP contribution in [0.15, 0.2) is 41.2 Å². The Morgan fingerprint density at radius 2 is 1.96 bits per heavy atom. The molecule has 4 rings (SSSR count). The van der Waals surface area contributed by atoms with Gasteiger partial charge < -0.3 is 14.0 Å². The Kier molecular flexibility index (Phi) is 4.25. The van der Waals surface area contributed by atoms with Gasteiger partial charge in [-0.15, -0.1) is 0 Å². The van der Waals surface area contributed by atoms with Gasteiger partial charge in [0.1, 0.15) is 11.5 Å². The largest absolute Gasteiger partial charge is 0.497 e. The molecule has 1 fully saturated rings. The number of aromatic nitrogens is 1. The lowest BCUT2D eigenvalue weighted by atomic mass is 9.83. The zero-order chi connectivity index (χ0) is 17.4. The van der Waals surface area contributed by atoms with Crippen molar-refractivity contribution >= 4 is 0 Å². The Bertz CT molecular complexity index is 830. The molecule has 5 nitrogen and oxygen atoms in total. The van der Waals surface area contributed by atoms with Crippen molar-refractivity contribution in [3.05, 3.63) is 58.0 Å². The summed E-state index contributed by atoms with van der Waals surface area (Å²) in [6.45, 7) is 3.65. The Hall–Kier alpha value is -2.27. The number of piperidine rings is 1. The fourth-order valence-corrected chi connectivity index (χ4v) is 4.37. The molecule has 2 aromatic rings. The molecule has 1 aromatic heterocycles. The van der Waals surface area contributed by atoms with Gasteiger partial charge in [-0.1, -0.05) is 6.07 Å². The summed E-state index contributed by atoms with van der Waals surface area (Å²) in [5, 5.41) is 0. The van der Waals surface area contributed by atoms with Crippen molar-refractivity contribution in [3.63, 3.8) is 0 Å². The first-order chi connectivity index (χ1) is 12.2. The predicted octanol–water partition coefficient (Wildman–Crippen LogP) is 2.48. The van der Waals surface area contributed by atoms with Crippen LogP contribution in [0.2, 0.25) is 0 Å². The molecule has 0 N–H and O–H groups in total. The lowest BCUT2D eigenvalue weighted by molar-refractivity contribution is 0.113.